The van der Waals surface area contributed by atoms with Gasteiger partial charge in [0.05, 0.1) is 6.10 Å². The minimum atomic E-state index is -0.0868. The first-order valence-electron chi connectivity index (χ1n) is 8.41. The van der Waals surface area contributed by atoms with Gasteiger partial charge in [-0.15, -0.1) is 0 Å². The second-order valence-corrected chi connectivity index (χ2v) is 7.40. The Bertz CT molecular complexity index is 525. The summed E-state index contributed by atoms with van der Waals surface area (Å²) in [6, 6.07) is 2.10. The van der Waals surface area contributed by atoms with Crippen LogP contribution in [0.15, 0.2) is 18.5 Å². The molecule has 2 rings (SSSR count). The summed E-state index contributed by atoms with van der Waals surface area (Å²) in [6.45, 7) is 9.91. The average Bonchev–Trinajstić information content (AvgIpc) is 2.48. The second-order valence-electron chi connectivity index (χ2n) is 7.40. The van der Waals surface area contributed by atoms with E-state index in [0.717, 1.165) is 24.8 Å². The number of aryl methyl sites for hydroxylation is 1. The molecule has 2 heterocycles. The van der Waals surface area contributed by atoms with Gasteiger partial charge in [0.1, 0.15) is 0 Å². The number of carbonyl (C=O) groups excluding carboxylic acids is 1. The van der Waals surface area contributed by atoms with Gasteiger partial charge in [-0.1, -0.05) is 20.8 Å². The topological polar surface area (TPSA) is 63.2 Å². The van der Waals surface area contributed by atoms with Crippen molar-refractivity contribution >= 4 is 6.03 Å². The molecule has 2 atom stereocenters. The van der Waals surface area contributed by atoms with Crippen LogP contribution in [-0.4, -0.2) is 36.3 Å². The van der Waals surface area contributed by atoms with E-state index in [9.17, 15) is 4.79 Å². The van der Waals surface area contributed by atoms with Crippen molar-refractivity contribution in [2.45, 2.75) is 59.1 Å². The van der Waals surface area contributed by atoms with Crippen LogP contribution >= 0.6 is 0 Å². The van der Waals surface area contributed by atoms with Crippen LogP contribution in [0.1, 0.15) is 44.7 Å². The largest absolute Gasteiger partial charge is 0.378 e. The van der Waals surface area contributed by atoms with Crippen LogP contribution in [0.25, 0.3) is 0 Å². The van der Waals surface area contributed by atoms with Crippen molar-refractivity contribution in [3.8, 4) is 0 Å². The third kappa shape index (κ3) is 5.50. The first-order chi connectivity index (χ1) is 10.9. The molecule has 1 fully saturated rings. The maximum Gasteiger partial charge on any atom is 0.315 e. The molecular formula is C18H29N3O2. The van der Waals surface area contributed by atoms with Gasteiger partial charge in [0.2, 0.25) is 0 Å². The van der Waals surface area contributed by atoms with Gasteiger partial charge in [0.15, 0.2) is 0 Å². The van der Waals surface area contributed by atoms with Crippen LogP contribution in [-0.2, 0) is 11.2 Å². The summed E-state index contributed by atoms with van der Waals surface area (Å²) in [6.07, 6.45) is 6.41. The summed E-state index contributed by atoms with van der Waals surface area (Å²) in [5, 5.41) is 6.03. The lowest BCUT2D eigenvalue weighted by atomic mass is 9.83. The lowest BCUT2D eigenvalue weighted by Crippen LogP contribution is -2.49. The molecule has 0 spiro atoms. The molecular weight excluding hydrogens is 290 g/mol. The summed E-state index contributed by atoms with van der Waals surface area (Å²) >= 11 is 0. The van der Waals surface area contributed by atoms with Crippen molar-refractivity contribution in [3.05, 3.63) is 29.6 Å². The number of urea groups is 1. The Morgan fingerprint density at radius 2 is 2.22 bits per heavy atom. The fourth-order valence-corrected chi connectivity index (χ4v) is 2.86. The summed E-state index contributed by atoms with van der Waals surface area (Å²) in [4.78, 5) is 16.1. The van der Waals surface area contributed by atoms with Gasteiger partial charge in [-0.05, 0) is 48.8 Å². The SMILES string of the molecule is Cc1cnccc1CCNC(=O)NC1CCOC(C(C)(C)C)C1. The Kier molecular flexibility index (Phi) is 5.99. The highest BCUT2D eigenvalue weighted by atomic mass is 16.5. The number of nitrogens with one attached hydrogen (secondary N) is 2. The first kappa shape index (κ1) is 17.7. The van der Waals surface area contributed by atoms with Crippen LogP contribution in [0.5, 0.6) is 0 Å². The van der Waals surface area contributed by atoms with Crippen molar-refractivity contribution in [2.24, 2.45) is 5.41 Å². The average molecular weight is 319 g/mol. The van der Waals surface area contributed by atoms with Gasteiger partial charge in [-0.3, -0.25) is 4.98 Å². The number of hydrogen-bond acceptors (Lipinski definition) is 3. The third-order valence-corrected chi connectivity index (χ3v) is 4.40. The Morgan fingerprint density at radius 3 is 2.91 bits per heavy atom. The number of carbonyl (C=O) groups is 1. The number of amides is 2. The maximum atomic E-state index is 12.1. The molecule has 0 radical (unpaired) electrons. The number of nitrogens with zero attached hydrogens (tertiary/aromatic N) is 1. The molecule has 0 aromatic carbocycles. The lowest BCUT2D eigenvalue weighted by molar-refractivity contribution is -0.0565. The van der Waals surface area contributed by atoms with Gasteiger partial charge in [0.25, 0.3) is 0 Å². The van der Waals surface area contributed by atoms with E-state index in [1.165, 1.54) is 5.56 Å². The van der Waals surface area contributed by atoms with Crippen molar-refractivity contribution < 1.29 is 9.53 Å². The molecule has 0 saturated carbocycles. The quantitative estimate of drug-likeness (QED) is 0.897. The first-order valence-corrected chi connectivity index (χ1v) is 8.41. The fraction of sp³-hybridized carbons (Fsp3) is 0.667. The normalized spacial score (nSPS) is 21.7. The van der Waals surface area contributed by atoms with Gasteiger partial charge >= 0.3 is 6.03 Å². The van der Waals surface area contributed by atoms with E-state index in [1.54, 1.807) is 6.20 Å². The van der Waals surface area contributed by atoms with E-state index in [1.807, 2.05) is 19.2 Å². The zero-order chi connectivity index (χ0) is 16.9. The van der Waals surface area contributed by atoms with Crippen LogP contribution in [0.2, 0.25) is 0 Å². The van der Waals surface area contributed by atoms with E-state index in [0.29, 0.717) is 13.2 Å². The number of hydrogen-bond donors (Lipinski definition) is 2. The Hall–Kier alpha value is -1.62. The molecule has 5 nitrogen and oxygen atoms in total. The molecule has 1 aliphatic rings. The molecule has 0 bridgehead atoms. The highest BCUT2D eigenvalue weighted by Gasteiger charge is 2.32. The number of pyridine rings is 1. The van der Waals surface area contributed by atoms with Gasteiger partial charge in [0, 0.05) is 31.6 Å². The van der Waals surface area contributed by atoms with Gasteiger partial charge < -0.3 is 15.4 Å². The van der Waals surface area contributed by atoms with Gasteiger partial charge in [-0.2, -0.15) is 0 Å². The molecule has 128 valence electrons. The highest BCUT2D eigenvalue weighted by molar-refractivity contribution is 5.74. The molecule has 1 aromatic rings. The highest BCUT2D eigenvalue weighted by Crippen LogP contribution is 2.29. The summed E-state index contributed by atoms with van der Waals surface area (Å²) in [7, 11) is 0. The molecule has 2 unspecified atom stereocenters. The van der Waals surface area contributed by atoms with Gasteiger partial charge in [-0.25, -0.2) is 4.79 Å². The molecule has 2 N–H and O–H groups in total. The van der Waals surface area contributed by atoms with E-state index in [4.69, 9.17) is 4.74 Å². The lowest BCUT2D eigenvalue weighted by Gasteiger charge is -2.37. The Balaban J connectivity index is 1.73. The van der Waals surface area contributed by atoms with E-state index < -0.39 is 0 Å². The van der Waals surface area contributed by atoms with Crippen LogP contribution in [0, 0.1) is 12.3 Å². The standard InChI is InChI=1S/C18H29N3O2/c1-13-12-19-8-5-14(13)6-9-20-17(22)21-15-7-10-23-16(11-15)18(2,3)4/h5,8,12,15-16H,6-7,9-11H2,1-4H3,(H2,20,21,22). The van der Waals surface area contributed by atoms with E-state index in [2.05, 4.69) is 36.4 Å². The van der Waals surface area contributed by atoms with Crippen molar-refractivity contribution in [1.29, 1.82) is 0 Å². The Morgan fingerprint density at radius 1 is 1.43 bits per heavy atom. The molecule has 0 aliphatic carbocycles. The zero-order valence-corrected chi connectivity index (χ0v) is 14.7. The zero-order valence-electron chi connectivity index (χ0n) is 14.7. The second kappa shape index (κ2) is 7.77. The predicted molar refractivity (Wildman–Crippen MR) is 91.4 cm³/mol. The minimum absolute atomic E-state index is 0.0868. The smallest absolute Gasteiger partial charge is 0.315 e. The number of ether oxygens (including phenoxy) is 1. The monoisotopic (exact) mass is 319 g/mol. The van der Waals surface area contributed by atoms with Crippen molar-refractivity contribution in [3.63, 3.8) is 0 Å². The molecule has 1 aromatic heterocycles. The minimum Gasteiger partial charge on any atom is -0.378 e. The van der Waals surface area contributed by atoms with Crippen molar-refractivity contribution in [1.82, 2.24) is 15.6 Å². The molecule has 5 heteroatoms. The molecule has 2 amide bonds. The number of rotatable bonds is 4. The molecule has 23 heavy (non-hydrogen) atoms. The van der Waals surface area contributed by atoms with Crippen LogP contribution < -0.4 is 10.6 Å². The fourth-order valence-electron chi connectivity index (χ4n) is 2.86. The summed E-state index contributed by atoms with van der Waals surface area (Å²) in [5.74, 6) is 0. The summed E-state index contributed by atoms with van der Waals surface area (Å²) in [5.41, 5.74) is 2.49. The van der Waals surface area contributed by atoms with E-state index >= 15 is 0 Å². The van der Waals surface area contributed by atoms with E-state index in [-0.39, 0.29) is 23.6 Å². The Labute approximate surface area is 139 Å². The van der Waals surface area contributed by atoms with Crippen LogP contribution in [0.4, 0.5) is 4.79 Å². The van der Waals surface area contributed by atoms with Crippen LogP contribution in [0.3, 0.4) is 0 Å². The molecule has 1 aliphatic heterocycles. The maximum absolute atomic E-state index is 12.1. The predicted octanol–water partition coefficient (Wildman–Crippen LogP) is 2.83. The van der Waals surface area contributed by atoms with Crippen molar-refractivity contribution in [2.75, 3.05) is 13.2 Å². The third-order valence-electron chi connectivity index (χ3n) is 4.40. The molecule has 1 saturated heterocycles. The summed E-state index contributed by atoms with van der Waals surface area (Å²) < 4.78 is 5.83. The number of aromatic nitrogens is 1.